The molecule has 0 atom stereocenters. The Kier molecular flexibility index (Phi) is 6.50. The standard InChI is InChI=1S/C27H29ClN6/c1-19-14-20(9-11-24(19)28)15-27-32-31-26(34(27)13-5-6-22-16-29-18-30-22)12-10-21-17-33(2)25-8-4-3-7-23(21)25/h3-4,7-9,11,14,16-18H,5-6,10,12-13,15H2,1-2H3,(H,29,30). The van der Waals surface area contributed by atoms with Gasteiger partial charge in [-0.1, -0.05) is 41.9 Å². The van der Waals surface area contributed by atoms with E-state index in [9.17, 15) is 0 Å². The molecular weight excluding hydrogens is 444 g/mol. The van der Waals surface area contributed by atoms with Crippen LogP contribution in [0, 0.1) is 6.92 Å². The number of fused-ring (bicyclic) bond motifs is 1. The van der Waals surface area contributed by atoms with E-state index in [0.29, 0.717) is 0 Å². The summed E-state index contributed by atoms with van der Waals surface area (Å²) in [6.07, 6.45) is 10.4. The number of hydrogen-bond donors (Lipinski definition) is 1. The van der Waals surface area contributed by atoms with E-state index in [2.05, 4.69) is 78.9 Å². The van der Waals surface area contributed by atoms with Crippen molar-refractivity contribution in [2.45, 2.75) is 45.6 Å². The molecule has 0 spiro atoms. The fraction of sp³-hybridized carbons (Fsp3) is 0.296. The second-order valence-electron chi connectivity index (χ2n) is 8.89. The Bertz CT molecular complexity index is 1400. The van der Waals surface area contributed by atoms with E-state index >= 15 is 0 Å². The molecule has 0 saturated heterocycles. The lowest BCUT2D eigenvalue weighted by atomic mass is 10.1. The number of aromatic nitrogens is 6. The maximum absolute atomic E-state index is 6.24. The lowest BCUT2D eigenvalue weighted by Crippen LogP contribution is -2.10. The number of nitrogens with zero attached hydrogens (tertiary/aromatic N) is 5. The Morgan fingerprint density at radius 2 is 1.85 bits per heavy atom. The molecule has 174 valence electrons. The topological polar surface area (TPSA) is 64.3 Å². The zero-order valence-electron chi connectivity index (χ0n) is 19.6. The molecule has 3 aromatic heterocycles. The van der Waals surface area contributed by atoms with Crippen LogP contribution in [0.25, 0.3) is 10.9 Å². The largest absolute Gasteiger partial charge is 0.351 e. The van der Waals surface area contributed by atoms with E-state index in [1.54, 1.807) is 6.33 Å². The summed E-state index contributed by atoms with van der Waals surface area (Å²) in [5.74, 6) is 2.03. The van der Waals surface area contributed by atoms with Crippen LogP contribution in [0.3, 0.4) is 0 Å². The van der Waals surface area contributed by atoms with Crippen molar-refractivity contribution in [1.82, 2.24) is 29.3 Å². The van der Waals surface area contributed by atoms with Gasteiger partial charge in [0.05, 0.1) is 12.0 Å². The number of benzene rings is 2. The highest BCUT2D eigenvalue weighted by molar-refractivity contribution is 6.31. The zero-order chi connectivity index (χ0) is 23.5. The lowest BCUT2D eigenvalue weighted by Gasteiger charge is -2.11. The first kappa shape index (κ1) is 22.4. The molecule has 7 heteroatoms. The number of aryl methyl sites for hydroxylation is 5. The maximum atomic E-state index is 6.24. The van der Waals surface area contributed by atoms with Crippen LogP contribution in [-0.4, -0.2) is 29.3 Å². The molecule has 0 amide bonds. The van der Waals surface area contributed by atoms with Gasteiger partial charge < -0.3 is 14.1 Å². The molecule has 3 heterocycles. The SMILES string of the molecule is Cc1cc(Cc2nnc(CCc3cn(C)c4ccccc34)n2CCCc2c[nH]cn2)ccc1Cl. The highest BCUT2D eigenvalue weighted by atomic mass is 35.5. The Balaban J connectivity index is 1.37. The zero-order valence-corrected chi connectivity index (χ0v) is 20.4. The Morgan fingerprint density at radius 3 is 2.68 bits per heavy atom. The smallest absolute Gasteiger partial charge is 0.137 e. The van der Waals surface area contributed by atoms with E-state index in [1.807, 2.05) is 19.2 Å². The average Bonchev–Trinajstić information content (AvgIpc) is 3.56. The highest BCUT2D eigenvalue weighted by Gasteiger charge is 2.15. The van der Waals surface area contributed by atoms with Crippen molar-refractivity contribution in [3.63, 3.8) is 0 Å². The van der Waals surface area contributed by atoms with E-state index in [1.165, 1.54) is 22.0 Å². The minimum Gasteiger partial charge on any atom is -0.351 e. The summed E-state index contributed by atoms with van der Waals surface area (Å²) in [4.78, 5) is 7.40. The molecule has 34 heavy (non-hydrogen) atoms. The van der Waals surface area contributed by atoms with Crippen molar-refractivity contribution < 1.29 is 0 Å². The molecule has 0 bridgehead atoms. The first-order valence-corrected chi connectivity index (χ1v) is 12.1. The molecule has 2 aromatic carbocycles. The quantitative estimate of drug-likeness (QED) is 0.309. The van der Waals surface area contributed by atoms with Crippen LogP contribution in [0.2, 0.25) is 5.02 Å². The molecule has 0 unspecified atom stereocenters. The predicted octanol–water partition coefficient (Wildman–Crippen LogP) is 5.46. The van der Waals surface area contributed by atoms with Crippen LogP contribution in [0.5, 0.6) is 0 Å². The number of aromatic amines is 1. The van der Waals surface area contributed by atoms with Crippen LogP contribution >= 0.6 is 11.6 Å². The molecule has 1 N–H and O–H groups in total. The van der Waals surface area contributed by atoms with Gasteiger partial charge in [0.15, 0.2) is 0 Å². The number of halogens is 1. The molecular formula is C27H29ClN6. The van der Waals surface area contributed by atoms with Crippen molar-refractivity contribution in [1.29, 1.82) is 0 Å². The highest BCUT2D eigenvalue weighted by Crippen LogP contribution is 2.23. The average molecular weight is 473 g/mol. The van der Waals surface area contributed by atoms with Gasteiger partial charge in [-0.3, -0.25) is 0 Å². The van der Waals surface area contributed by atoms with Gasteiger partial charge in [0, 0.05) is 54.8 Å². The van der Waals surface area contributed by atoms with Gasteiger partial charge in [0.1, 0.15) is 11.6 Å². The summed E-state index contributed by atoms with van der Waals surface area (Å²) in [6.45, 7) is 2.91. The minimum atomic E-state index is 0.738. The second kappa shape index (κ2) is 9.85. The molecule has 0 aliphatic heterocycles. The summed E-state index contributed by atoms with van der Waals surface area (Å²) in [5.41, 5.74) is 5.97. The second-order valence-corrected chi connectivity index (χ2v) is 9.30. The summed E-state index contributed by atoms with van der Waals surface area (Å²) in [5, 5.41) is 11.3. The summed E-state index contributed by atoms with van der Waals surface area (Å²) in [6, 6.07) is 14.7. The van der Waals surface area contributed by atoms with Crippen LogP contribution in [0.1, 0.15) is 40.5 Å². The fourth-order valence-corrected chi connectivity index (χ4v) is 4.78. The van der Waals surface area contributed by atoms with Crippen molar-refractivity contribution in [2.75, 3.05) is 0 Å². The predicted molar refractivity (Wildman–Crippen MR) is 136 cm³/mol. The molecule has 6 nitrogen and oxygen atoms in total. The molecule has 0 saturated carbocycles. The first-order chi connectivity index (χ1) is 16.6. The summed E-state index contributed by atoms with van der Waals surface area (Å²) >= 11 is 6.24. The molecule has 0 radical (unpaired) electrons. The molecule has 0 fully saturated rings. The Morgan fingerprint density at radius 1 is 1.00 bits per heavy atom. The van der Waals surface area contributed by atoms with E-state index < -0.39 is 0 Å². The van der Waals surface area contributed by atoms with Gasteiger partial charge in [0.25, 0.3) is 0 Å². The normalized spacial score (nSPS) is 11.5. The van der Waals surface area contributed by atoms with Crippen molar-refractivity contribution in [3.8, 4) is 0 Å². The first-order valence-electron chi connectivity index (χ1n) is 11.7. The van der Waals surface area contributed by atoms with Crippen molar-refractivity contribution in [3.05, 3.63) is 100 Å². The van der Waals surface area contributed by atoms with Gasteiger partial charge >= 0.3 is 0 Å². The third-order valence-corrected chi connectivity index (χ3v) is 6.88. The van der Waals surface area contributed by atoms with E-state index in [4.69, 9.17) is 11.6 Å². The number of hydrogen-bond acceptors (Lipinski definition) is 3. The third kappa shape index (κ3) is 4.77. The summed E-state index contributed by atoms with van der Waals surface area (Å²) in [7, 11) is 2.11. The maximum Gasteiger partial charge on any atom is 0.137 e. The third-order valence-electron chi connectivity index (χ3n) is 6.46. The number of H-pyrrole nitrogens is 1. The van der Waals surface area contributed by atoms with Gasteiger partial charge in [-0.15, -0.1) is 10.2 Å². The van der Waals surface area contributed by atoms with Gasteiger partial charge in [0.2, 0.25) is 0 Å². The van der Waals surface area contributed by atoms with Crippen molar-refractivity contribution >= 4 is 22.5 Å². The van der Waals surface area contributed by atoms with Crippen LogP contribution in [-0.2, 0) is 39.3 Å². The van der Waals surface area contributed by atoms with Crippen LogP contribution in [0.4, 0.5) is 0 Å². The Hall–Kier alpha value is -3.38. The van der Waals surface area contributed by atoms with Crippen molar-refractivity contribution in [2.24, 2.45) is 7.05 Å². The van der Waals surface area contributed by atoms with Crippen LogP contribution in [0.15, 0.2) is 61.2 Å². The molecule has 0 aliphatic carbocycles. The van der Waals surface area contributed by atoms with Gasteiger partial charge in [-0.25, -0.2) is 4.98 Å². The minimum absolute atomic E-state index is 0.738. The molecule has 5 rings (SSSR count). The number of imidazole rings is 1. The number of para-hydroxylation sites is 1. The lowest BCUT2D eigenvalue weighted by molar-refractivity contribution is 0.585. The summed E-state index contributed by atoms with van der Waals surface area (Å²) < 4.78 is 4.51. The van der Waals surface area contributed by atoms with E-state index in [-0.39, 0.29) is 0 Å². The number of nitrogens with one attached hydrogen (secondary N) is 1. The number of rotatable bonds is 9. The monoisotopic (exact) mass is 472 g/mol. The van der Waals surface area contributed by atoms with Gasteiger partial charge in [-0.2, -0.15) is 0 Å². The van der Waals surface area contributed by atoms with Gasteiger partial charge in [-0.05, 0) is 55.0 Å². The fourth-order valence-electron chi connectivity index (χ4n) is 4.66. The van der Waals surface area contributed by atoms with Crippen LogP contribution < -0.4 is 0 Å². The van der Waals surface area contributed by atoms with E-state index in [0.717, 1.165) is 66.6 Å². The molecule has 0 aliphatic rings. The molecule has 5 aromatic rings. The Labute approximate surface area is 204 Å².